The molecule has 0 heterocycles. The molecular formula is C22H30N2O5. The monoisotopic (exact) mass is 402 g/mol. The highest BCUT2D eigenvalue weighted by atomic mass is 16.6. The fraction of sp³-hybridized carbons (Fsp3) is 0.500. The van der Waals surface area contributed by atoms with Crippen LogP contribution in [0.15, 0.2) is 30.3 Å². The van der Waals surface area contributed by atoms with Crippen molar-refractivity contribution in [2.75, 3.05) is 11.9 Å². The fourth-order valence-electron chi connectivity index (χ4n) is 3.17. The maximum atomic E-state index is 13.0. The van der Waals surface area contributed by atoms with E-state index in [1.165, 1.54) is 6.08 Å². The molecule has 0 saturated heterocycles. The van der Waals surface area contributed by atoms with E-state index in [2.05, 4.69) is 10.6 Å². The molecule has 0 atom stereocenters. The van der Waals surface area contributed by atoms with Gasteiger partial charge in [0.05, 0.1) is 6.61 Å². The summed E-state index contributed by atoms with van der Waals surface area (Å²) < 4.78 is 10.2. The molecule has 1 aliphatic rings. The first-order valence-electron chi connectivity index (χ1n) is 9.91. The summed E-state index contributed by atoms with van der Waals surface area (Å²) in [6.07, 6.45) is 5.27. The average molecular weight is 402 g/mol. The second kappa shape index (κ2) is 9.58. The number of anilines is 1. The molecule has 29 heavy (non-hydrogen) atoms. The number of ether oxygens (including phenoxy) is 2. The number of nitrogens with one attached hydrogen (secondary N) is 2. The van der Waals surface area contributed by atoms with E-state index < -0.39 is 23.2 Å². The minimum atomic E-state index is -0.967. The van der Waals surface area contributed by atoms with Gasteiger partial charge in [-0.25, -0.2) is 9.59 Å². The molecule has 0 aliphatic heterocycles. The van der Waals surface area contributed by atoms with Crippen LogP contribution in [-0.4, -0.2) is 35.7 Å². The van der Waals surface area contributed by atoms with Crippen molar-refractivity contribution in [3.05, 3.63) is 35.9 Å². The lowest BCUT2D eigenvalue weighted by molar-refractivity contribution is -0.137. The van der Waals surface area contributed by atoms with Gasteiger partial charge in [0.15, 0.2) is 0 Å². The highest BCUT2D eigenvalue weighted by molar-refractivity contribution is 6.00. The van der Waals surface area contributed by atoms with Crippen LogP contribution in [0.5, 0.6) is 0 Å². The highest BCUT2D eigenvalue weighted by Gasteiger charge is 2.43. The predicted molar refractivity (Wildman–Crippen MR) is 111 cm³/mol. The van der Waals surface area contributed by atoms with Crippen LogP contribution in [0.1, 0.15) is 58.9 Å². The molecule has 0 unspecified atom stereocenters. The first-order chi connectivity index (χ1) is 13.6. The molecular weight excluding hydrogens is 372 g/mol. The minimum absolute atomic E-state index is 0.254. The minimum Gasteiger partial charge on any atom is -0.463 e. The van der Waals surface area contributed by atoms with Gasteiger partial charge < -0.3 is 20.1 Å². The van der Waals surface area contributed by atoms with E-state index in [0.29, 0.717) is 25.1 Å². The van der Waals surface area contributed by atoms with Crippen LogP contribution in [0.3, 0.4) is 0 Å². The van der Waals surface area contributed by atoms with Crippen molar-refractivity contribution in [1.82, 2.24) is 5.32 Å². The Morgan fingerprint density at radius 3 is 2.28 bits per heavy atom. The van der Waals surface area contributed by atoms with E-state index in [0.717, 1.165) is 18.4 Å². The van der Waals surface area contributed by atoms with Crippen molar-refractivity contribution in [2.45, 2.75) is 64.5 Å². The van der Waals surface area contributed by atoms with Crippen LogP contribution in [-0.2, 0) is 19.1 Å². The molecule has 1 saturated carbocycles. The standard InChI is InChI=1S/C22H30N2O5/c1-5-28-18(25)13-10-16-8-11-17(12-9-16)23-19(26)22(14-6-7-15-22)24-20(27)29-21(2,3)4/h8-13H,5-7,14-15H2,1-4H3,(H,23,26)(H,24,27). The summed E-state index contributed by atoms with van der Waals surface area (Å²) in [6.45, 7) is 7.43. The number of carbonyl (C=O) groups excluding carboxylic acids is 3. The molecule has 1 aromatic rings. The molecule has 0 aromatic heterocycles. The number of amides is 2. The Bertz CT molecular complexity index is 756. The third-order valence-electron chi connectivity index (χ3n) is 4.50. The summed E-state index contributed by atoms with van der Waals surface area (Å²) in [6, 6.07) is 7.07. The van der Waals surface area contributed by atoms with Gasteiger partial charge in [0.1, 0.15) is 11.1 Å². The largest absolute Gasteiger partial charge is 0.463 e. The van der Waals surface area contributed by atoms with Crippen LogP contribution in [0.25, 0.3) is 6.08 Å². The number of benzene rings is 1. The lowest BCUT2D eigenvalue weighted by Gasteiger charge is -2.30. The Morgan fingerprint density at radius 2 is 1.72 bits per heavy atom. The first kappa shape index (κ1) is 22.5. The maximum Gasteiger partial charge on any atom is 0.408 e. The van der Waals surface area contributed by atoms with Crippen LogP contribution in [0, 0.1) is 0 Å². The molecule has 1 aromatic carbocycles. The van der Waals surface area contributed by atoms with E-state index in [1.54, 1.807) is 58.0 Å². The van der Waals surface area contributed by atoms with Crippen LogP contribution < -0.4 is 10.6 Å². The van der Waals surface area contributed by atoms with Gasteiger partial charge in [-0.2, -0.15) is 0 Å². The number of hydrogen-bond donors (Lipinski definition) is 2. The molecule has 1 aliphatic carbocycles. The summed E-state index contributed by atoms with van der Waals surface area (Å²) in [5.74, 6) is -0.656. The summed E-state index contributed by atoms with van der Waals surface area (Å²) in [5.41, 5.74) is -0.183. The summed E-state index contributed by atoms with van der Waals surface area (Å²) in [4.78, 5) is 36.6. The van der Waals surface area contributed by atoms with Gasteiger partial charge in [-0.3, -0.25) is 4.79 Å². The summed E-state index contributed by atoms with van der Waals surface area (Å²) in [5, 5.41) is 5.67. The van der Waals surface area contributed by atoms with Crippen molar-refractivity contribution < 1.29 is 23.9 Å². The highest BCUT2D eigenvalue weighted by Crippen LogP contribution is 2.31. The zero-order valence-corrected chi connectivity index (χ0v) is 17.5. The van der Waals surface area contributed by atoms with E-state index in [4.69, 9.17) is 9.47 Å². The third kappa shape index (κ3) is 6.93. The topological polar surface area (TPSA) is 93.7 Å². The van der Waals surface area contributed by atoms with Gasteiger partial charge in [-0.05, 0) is 64.3 Å². The molecule has 0 spiro atoms. The smallest absolute Gasteiger partial charge is 0.408 e. The number of alkyl carbamates (subject to hydrolysis) is 1. The second-order valence-corrected chi connectivity index (χ2v) is 8.08. The Balaban J connectivity index is 2.02. The molecule has 2 rings (SSSR count). The normalized spacial score (nSPS) is 15.7. The van der Waals surface area contributed by atoms with E-state index in [9.17, 15) is 14.4 Å². The van der Waals surface area contributed by atoms with Gasteiger partial charge in [-0.15, -0.1) is 0 Å². The van der Waals surface area contributed by atoms with Crippen LogP contribution in [0.4, 0.5) is 10.5 Å². The zero-order chi connectivity index (χ0) is 21.5. The predicted octanol–water partition coefficient (Wildman–Crippen LogP) is 4.04. The van der Waals surface area contributed by atoms with E-state index in [-0.39, 0.29) is 5.91 Å². The number of hydrogen-bond acceptors (Lipinski definition) is 5. The van der Waals surface area contributed by atoms with Gasteiger partial charge in [0.25, 0.3) is 0 Å². The lowest BCUT2D eigenvalue weighted by Crippen LogP contribution is -2.55. The first-order valence-corrected chi connectivity index (χ1v) is 9.91. The molecule has 7 heteroatoms. The SMILES string of the molecule is CCOC(=O)C=Cc1ccc(NC(=O)C2(NC(=O)OC(C)(C)C)CCCC2)cc1. The number of rotatable bonds is 6. The van der Waals surface area contributed by atoms with Crippen molar-refractivity contribution in [2.24, 2.45) is 0 Å². The van der Waals surface area contributed by atoms with Crippen LogP contribution >= 0.6 is 0 Å². The zero-order valence-electron chi connectivity index (χ0n) is 17.5. The Labute approximate surface area is 171 Å². The molecule has 158 valence electrons. The average Bonchev–Trinajstić information content (AvgIpc) is 3.09. The molecule has 2 amide bonds. The van der Waals surface area contributed by atoms with Crippen molar-refractivity contribution >= 4 is 29.7 Å². The van der Waals surface area contributed by atoms with Crippen LogP contribution in [0.2, 0.25) is 0 Å². The van der Waals surface area contributed by atoms with Gasteiger partial charge in [0.2, 0.25) is 5.91 Å². The quantitative estimate of drug-likeness (QED) is 0.553. The molecule has 7 nitrogen and oxygen atoms in total. The number of esters is 1. The van der Waals surface area contributed by atoms with Gasteiger partial charge in [0, 0.05) is 11.8 Å². The Morgan fingerprint density at radius 1 is 1.10 bits per heavy atom. The summed E-state index contributed by atoms with van der Waals surface area (Å²) in [7, 11) is 0. The molecule has 1 fully saturated rings. The second-order valence-electron chi connectivity index (χ2n) is 8.08. The summed E-state index contributed by atoms with van der Waals surface area (Å²) >= 11 is 0. The lowest BCUT2D eigenvalue weighted by atomic mass is 9.96. The maximum absolute atomic E-state index is 13.0. The van der Waals surface area contributed by atoms with Crippen molar-refractivity contribution in [1.29, 1.82) is 0 Å². The number of carbonyl (C=O) groups is 3. The van der Waals surface area contributed by atoms with Gasteiger partial charge in [-0.1, -0.05) is 25.0 Å². The fourth-order valence-corrected chi connectivity index (χ4v) is 3.17. The van der Waals surface area contributed by atoms with Crippen molar-refractivity contribution in [3.63, 3.8) is 0 Å². The Hall–Kier alpha value is -2.83. The molecule has 0 radical (unpaired) electrons. The van der Waals surface area contributed by atoms with Gasteiger partial charge >= 0.3 is 12.1 Å². The van der Waals surface area contributed by atoms with E-state index >= 15 is 0 Å². The third-order valence-corrected chi connectivity index (χ3v) is 4.50. The Kier molecular flexibility index (Phi) is 7.42. The van der Waals surface area contributed by atoms with Crippen molar-refractivity contribution in [3.8, 4) is 0 Å². The molecule has 2 N–H and O–H groups in total. The molecule has 0 bridgehead atoms. The van der Waals surface area contributed by atoms with E-state index in [1.807, 2.05) is 0 Å².